The summed E-state index contributed by atoms with van der Waals surface area (Å²) in [4.78, 5) is 72.4. The Morgan fingerprint density at radius 2 is 0.586 bits per heavy atom. The molecule has 6 atom stereocenters. The highest BCUT2D eigenvalue weighted by atomic mass is 31.2. The van der Waals surface area contributed by atoms with Crippen molar-refractivity contribution in [2.45, 2.75) is 362 Å². The second-order valence-electron chi connectivity index (χ2n) is 25.3. The number of unbranched alkanes of at least 4 members (excludes halogenated alkanes) is 36. The molecule has 0 aromatic heterocycles. The third-order valence-electron chi connectivity index (χ3n) is 16.1. The number of phosphoric acid groups is 2. The van der Waals surface area contributed by atoms with Crippen LogP contribution in [0.4, 0.5) is 0 Å². The monoisotopic (exact) mass is 1280 g/mol. The van der Waals surface area contributed by atoms with Crippen LogP contribution in [-0.4, -0.2) is 96.7 Å². The summed E-state index contributed by atoms with van der Waals surface area (Å²) in [6, 6.07) is 0. The SMILES string of the molecule is CCCCCCCCCCCCCCCCCC(=O)O[C@H](COC(=O)CCCCCCCCCCCCCCC)COP(=O)(O)OC[C@@H](O)COP(=O)(O)OC[C@@H](COC(=O)CCCCCCCCC(C)C)OC(=O)CCCCCCCCC(C)CC. The van der Waals surface area contributed by atoms with Gasteiger partial charge in [-0.05, 0) is 37.5 Å². The van der Waals surface area contributed by atoms with E-state index in [9.17, 15) is 43.2 Å². The molecule has 0 amide bonds. The Morgan fingerprint density at radius 1 is 0.333 bits per heavy atom. The first-order chi connectivity index (χ1) is 41.9. The Labute approximate surface area is 530 Å². The van der Waals surface area contributed by atoms with Crippen LogP contribution in [0.5, 0.6) is 0 Å². The first kappa shape index (κ1) is 85.1. The molecule has 3 unspecified atom stereocenters. The summed E-state index contributed by atoms with van der Waals surface area (Å²) in [5, 5.41) is 10.6. The van der Waals surface area contributed by atoms with Gasteiger partial charge in [0.2, 0.25) is 0 Å². The van der Waals surface area contributed by atoms with Crippen LogP contribution < -0.4 is 0 Å². The molecular weight excluding hydrogens is 1150 g/mol. The molecule has 0 saturated carbocycles. The number of hydrogen-bond acceptors (Lipinski definition) is 15. The van der Waals surface area contributed by atoms with Gasteiger partial charge in [-0.2, -0.15) is 0 Å². The molecule has 0 spiro atoms. The van der Waals surface area contributed by atoms with Crippen LogP contribution in [0, 0.1) is 11.8 Å². The number of carbonyl (C=O) groups excluding carboxylic acids is 4. The number of esters is 4. The quantitative estimate of drug-likeness (QED) is 0.0222. The van der Waals surface area contributed by atoms with Crippen molar-refractivity contribution in [2.75, 3.05) is 39.6 Å². The number of phosphoric ester groups is 2. The molecule has 0 aromatic rings. The van der Waals surface area contributed by atoms with Crippen LogP contribution >= 0.6 is 15.6 Å². The van der Waals surface area contributed by atoms with Gasteiger partial charge in [0.05, 0.1) is 26.4 Å². The molecular formula is C68H132O17P2. The Hall–Kier alpha value is -1.94. The van der Waals surface area contributed by atoms with Crippen molar-refractivity contribution in [3.05, 3.63) is 0 Å². The molecule has 0 rings (SSSR count). The highest BCUT2D eigenvalue weighted by Gasteiger charge is 2.30. The second kappa shape index (κ2) is 60.3. The molecule has 0 aliphatic rings. The number of rotatable bonds is 67. The van der Waals surface area contributed by atoms with Gasteiger partial charge < -0.3 is 33.8 Å². The van der Waals surface area contributed by atoms with E-state index >= 15 is 0 Å². The first-order valence-electron chi connectivity index (χ1n) is 35.5. The third-order valence-corrected chi connectivity index (χ3v) is 18.0. The molecule has 0 aromatic carbocycles. The normalized spacial score (nSPS) is 14.5. The maximum absolute atomic E-state index is 13.0. The number of hydrogen-bond donors (Lipinski definition) is 3. The van der Waals surface area contributed by atoms with Crippen molar-refractivity contribution in [1.82, 2.24) is 0 Å². The number of aliphatic hydroxyl groups is 1. The Kier molecular flexibility index (Phi) is 59.0. The molecule has 0 radical (unpaired) electrons. The van der Waals surface area contributed by atoms with E-state index < -0.39 is 97.5 Å². The minimum Gasteiger partial charge on any atom is -0.462 e. The number of aliphatic hydroxyl groups excluding tert-OH is 1. The zero-order valence-electron chi connectivity index (χ0n) is 56.3. The largest absolute Gasteiger partial charge is 0.472 e. The third kappa shape index (κ3) is 61.3. The summed E-state index contributed by atoms with van der Waals surface area (Å²) in [7, 11) is -9.89. The average molecular weight is 1280 g/mol. The van der Waals surface area contributed by atoms with Crippen LogP contribution in [0.1, 0.15) is 343 Å². The van der Waals surface area contributed by atoms with Gasteiger partial charge in [-0.3, -0.25) is 37.3 Å². The fourth-order valence-electron chi connectivity index (χ4n) is 10.2. The topological polar surface area (TPSA) is 237 Å². The molecule has 19 heteroatoms. The zero-order valence-corrected chi connectivity index (χ0v) is 58.1. The van der Waals surface area contributed by atoms with Crippen molar-refractivity contribution in [1.29, 1.82) is 0 Å². The van der Waals surface area contributed by atoms with Gasteiger partial charge in [0, 0.05) is 25.7 Å². The Balaban J connectivity index is 5.24. The summed E-state index contributed by atoms with van der Waals surface area (Å²) in [5.41, 5.74) is 0. The van der Waals surface area contributed by atoms with Gasteiger partial charge in [-0.25, -0.2) is 9.13 Å². The highest BCUT2D eigenvalue weighted by Crippen LogP contribution is 2.45. The lowest BCUT2D eigenvalue weighted by Crippen LogP contribution is -2.30. The Bertz CT molecular complexity index is 1700. The van der Waals surface area contributed by atoms with E-state index in [1.165, 1.54) is 154 Å². The van der Waals surface area contributed by atoms with Gasteiger partial charge in [0.1, 0.15) is 19.3 Å². The summed E-state index contributed by atoms with van der Waals surface area (Å²) < 4.78 is 68.2. The van der Waals surface area contributed by atoms with E-state index in [4.69, 9.17) is 37.0 Å². The minimum absolute atomic E-state index is 0.102. The maximum Gasteiger partial charge on any atom is 0.472 e. The van der Waals surface area contributed by atoms with Crippen molar-refractivity contribution < 1.29 is 80.2 Å². The predicted octanol–water partition coefficient (Wildman–Crippen LogP) is 19.2. The molecule has 0 aliphatic heterocycles. The summed E-state index contributed by atoms with van der Waals surface area (Å²) >= 11 is 0. The van der Waals surface area contributed by atoms with Gasteiger partial charge in [-0.15, -0.1) is 0 Å². The van der Waals surface area contributed by atoms with Crippen molar-refractivity contribution in [3.63, 3.8) is 0 Å². The lowest BCUT2D eigenvalue weighted by Gasteiger charge is -2.21. The van der Waals surface area contributed by atoms with Crippen LogP contribution in [0.2, 0.25) is 0 Å². The second-order valence-corrected chi connectivity index (χ2v) is 28.2. The van der Waals surface area contributed by atoms with Crippen molar-refractivity contribution in [2.24, 2.45) is 11.8 Å². The fourth-order valence-corrected chi connectivity index (χ4v) is 11.8. The molecule has 516 valence electrons. The molecule has 3 N–H and O–H groups in total. The van der Waals surface area contributed by atoms with E-state index in [0.29, 0.717) is 31.6 Å². The maximum atomic E-state index is 13.0. The predicted molar refractivity (Wildman–Crippen MR) is 349 cm³/mol. The number of carbonyl (C=O) groups is 4. The van der Waals surface area contributed by atoms with Gasteiger partial charge in [-0.1, -0.05) is 292 Å². The smallest absolute Gasteiger partial charge is 0.462 e. The molecule has 0 saturated heterocycles. The summed E-state index contributed by atoms with van der Waals surface area (Å²) in [5.74, 6) is -0.731. The van der Waals surface area contributed by atoms with E-state index in [1.54, 1.807) is 0 Å². The average Bonchev–Trinajstić information content (AvgIpc) is 3.69. The minimum atomic E-state index is -4.95. The van der Waals surface area contributed by atoms with Crippen molar-refractivity contribution >= 4 is 39.5 Å². The molecule has 87 heavy (non-hydrogen) atoms. The molecule has 0 aliphatic carbocycles. The summed E-state index contributed by atoms with van der Waals surface area (Å²) in [6.07, 6.45) is 44.6. The lowest BCUT2D eigenvalue weighted by atomic mass is 10.00. The van der Waals surface area contributed by atoms with Crippen LogP contribution in [-0.2, 0) is 65.4 Å². The summed E-state index contributed by atoms with van der Waals surface area (Å²) in [6.45, 7) is 9.40. The van der Waals surface area contributed by atoms with Crippen LogP contribution in [0.15, 0.2) is 0 Å². The van der Waals surface area contributed by atoms with E-state index in [1.807, 2.05) is 0 Å². The number of ether oxygens (including phenoxy) is 4. The first-order valence-corrected chi connectivity index (χ1v) is 38.5. The molecule has 0 bridgehead atoms. The zero-order chi connectivity index (χ0) is 64.3. The fraction of sp³-hybridized carbons (Fsp3) is 0.941. The van der Waals surface area contributed by atoms with E-state index in [2.05, 4.69) is 41.5 Å². The van der Waals surface area contributed by atoms with Gasteiger partial charge in [0.25, 0.3) is 0 Å². The van der Waals surface area contributed by atoms with Crippen LogP contribution in [0.3, 0.4) is 0 Å². The van der Waals surface area contributed by atoms with Crippen molar-refractivity contribution in [3.8, 4) is 0 Å². The standard InChI is InChI=1S/C68H132O17P2/c1-7-10-12-14-16-18-20-22-23-25-27-29-31-40-46-52-67(72)84-63(56-78-65(70)50-44-38-30-28-26-24-21-19-17-15-13-11-8-2)58-82-86(74,75)80-54-62(69)55-81-87(76,77)83-59-64(57-79-66(71)51-45-39-34-32-36-42-48-60(4)5)85-68(73)53-47-41-35-33-37-43-49-61(6)9-3/h60-64,69H,7-59H2,1-6H3,(H,74,75)(H,76,77)/t61?,62-,63-,64-/m1/s1. The molecule has 0 heterocycles. The molecule has 17 nitrogen and oxygen atoms in total. The van der Waals surface area contributed by atoms with Gasteiger partial charge >= 0.3 is 39.5 Å². The van der Waals surface area contributed by atoms with Gasteiger partial charge in [0.15, 0.2) is 12.2 Å². The Morgan fingerprint density at radius 3 is 0.874 bits per heavy atom. The highest BCUT2D eigenvalue weighted by molar-refractivity contribution is 7.47. The van der Waals surface area contributed by atoms with Crippen LogP contribution in [0.25, 0.3) is 0 Å². The lowest BCUT2D eigenvalue weighted by molar-refractivity contribution is -0.161. The molecule has 0 fully saturated rings. The van der Waals surface area contributed by atoms with E-state index in [0.717, 1.165) is 102 Å². The van der Waals surface area contributed by atoms with E-state index in [-0.39, 0.29) is 25.7 Å².